The first kappa shape index (κ1) is 13.1. The highest BCUT2D eigenvalue weighted by atomic mass is 28.4. The Morgan fingerprint density at radius 1 is 1.07 bits per heavy atom. The molecule has 0 radical (unpaired) electrons. The van der Waals surface area contributed by atoms with E-state index in [0.717, 1.165) is 18.9 Å². The van der Waals surface area contributed by atoms with E-state index in [1.807, 2.05) is 0 Å². The van der Waals surface area contributed by atoms with Crippen molar-refractivity contribution < 1.29 is 18.3 Å². The second-order valence-electron chi connectivity index (χ2n) is 4.03. The summed E-state index contributed by atoms with van der Waals surface area (Å²) in [5.41, 5.74) is -0.672. The maximum absolute atomic E-state index is 5.66. The van der Waals surface area contributed by atoms with Gasteiger partial charge in [-0.25, -0.2) is 0 Å². The van der Waals surface area contributed by atoms with Crippen LogP contribution in [-0.4, -0.2) is 42.4 Å². The molecule has 0 aliphatic carbocycles. The normalized spacial score (nSPS) is 29.0. The maximum atomic E-state index is 5.66. The van der Waals surface area contributed by atoms with Crippen LogP contribution in [0.3, 0.4) is 0 Å². The zero-order chi connectivity index (χ0) is 11.5. The van der Waals surface area contributed by atoms with E-state index >= 15 is 0 Å². The SMILES string of the molecule is COC1(OC)C(C)CCC[Si]1(OC)OC. The van der Waals surface area contributed by atoms with E-state index in [0.29, 0.717) is 5.92 Å². The predicted octanol–water partition coefficient (Wildman–Crippen LogP) is 1.68. The lowest BCUT2D eigenvalue weighted by atomic mass is 10.0. The Balaban J connectivity index is 3.09. The molecule has 1 rings (SSSR count). The summed E-state index contributed by atoms with van der Waals surface area (Å²) in [6.07, 6.45) is 2.20. The molecule has 5 heteroatoms. The molecule has 0 aromatic heterocycles. The molecule has 0 amide bonds. The van der Waals surface area contributed by atoms with Crippen molar-refractivity contribution in [3.63, 3.8) is 0 Å². The van der Waals surface area contributed by atoms with Gasteiger partial charge in [-0.3, -0.25) is 0 Å². The summed E-state index contributed by atoms with van der Waals surface area (Å²) in [5, 5.41) is 0. The molecule has 15 heavy (non-hydrogen) atoms. The van der Waals surface area contributed by atoms with Crippen molar-refractivity contribution in [2.45, 2.75) is 31.2 Å². The Bertz CT molecular complexity index is 202. The second-order valence-corrected chi connectivity index (χ2v) is 7.55. The number of methoxy groups -OCH3 is 2. The molecule has 0 spiro atoms. The van der Waals surface area contributed by atoms with Crippen LogP contribution in [0.25, 0.3) is 0 Å². The molecule has 0 aromatic carbocycles. The zero-order valence-electron chi connectivity index (χ0n) is 10.3. The van der Waals surface area contributed by atoms with E-state index in [1.54, 1.807) is 28.4 Å². The molecule has 0 N–H and O–H groups in total. The van der Waals surface area contributed by atoms with Crippen molar-refractivity contribution >= 4 is 8.56 Å². The van der Waals surface area contributed by atoms with Crippen LogP contribution < -0.4 is 0 Å². The van der Waals surface area contributed by atoms with E-state index in [-0.39, 0.29) is 0 Å². The molecule has 1 unspecified atom stereocenters. The third kappa shape index (κ3) is 1.76. The molecule has 4 nitrogen and oxygen atoms in total. The lowest BCUT2D eigenvalue weighted by Crippen LogP contribution is -2.69. The van der Waals surface area contributed by atoms with Gasteiger partial charge < -0.3 is 18.3 Å². The summed E-state index contributed by atoms with van der Waals surface area (Å²) in [5.74, 6) is 0.299. The fourth-order valence-corrected chi connectivity index (χ4v) is 6.43. The lowest BCUT2D eigenvalue weighted by molar-refractivity contribution is -0.209. The van der Waals surface area contributed by atoms with Crippen molar-refractivity contribution in [3.05, 3.63) is 0 Å². The fraction of sp³-hybridized carbons (Fsp3) is 1.00. The van der Waals surface area contributed by atoms with E-state index < -0.39 is 14.0 Å². The van der Waals surface area contributed by atoms with Crippen LogP contribution in [0.5, 0.6) is 0 Å². The first-order valence-corrected chi connectivity index (χ1v) is 7.35. The van der Waals surface area contributed by atoms with Gasteiger partial charge >= 0.3 is 8.56 Å². The minimum absolute atomic E-state index is 0.299. The summed E-state index contributed by atoms with van der Waals surface area (Å²) in [4.78, 5) is 0. The van der Waals surface area contributed by atoms with Crippen LogP contribution in [-0.2, 0) is 18.3 Å². The van der Waals surface area contributed by atoms with Crippen molar-refractivity contribution in [1.82, 2.24) is 0 Å². The van der Waals surface area contributed by atoms with E-state index in [4.69, 9.17) is 18.3 Å². The summed E-state index contributed by atoms with van der Waals surface area (Å²) in [6.45, 7) is 2.13. The van der Waals surface area contributed by atoms with Crippen molar-refractivity contribution in [3.8, 4) is 0 Å². The summed E-state index contributed by atoms with van der Waals surface area (Å²) in [7, 11) is 4.32. The van der Waals surface area contributed by atoms with Gasteiger partial charge in [-0.2, -0.15) is 0 Å². The summed E-state index contributed by atoms with van der Waals surface area (Å²) < 4.78 is 22.6. The Morgan fingerprint density at radius 3 is 1.93 bits per heavy atom. The zero-order valence-corrected chi connectivity index (χ0v) is 11.3. The topological polar surface area (TPSA) is 36.9 Å². The van der Waals surface area contributed by atoms with Gasteiger partial charge in [0.2, 0.25) is 5.41 Å². The van der Waals surface area contributed by atoms with Crippen LogP contribution in [0.15, 0.2) is 0 Å². The lowest BCUT2D eigenvalue weighted by Gasteiger charge is -2.49. The van der Waals surface area contributed by atoms with Gasteiger partial charge in [-0.15, -0.1) is 0 Å². The monoisotopic (exact) mass is 234 g/mol. The van der Waals surface area contributed by atoms with Crippen molar-refractivity contribution in [2.75, 3.05) is 28.4 Å². The van der Waals surface area contributed by atoms with Crippen LogP contribution in [0.2, 0.25) is 6.04 Å². The highest BCUT2D eigenvalue weighted by Gasteiger charge is 2.63. The predicted molar refractivity (Wildman–Crippen MR) is 59.7 cm³/mol. The number of ether oxygens (including phenoxy) is 2. The van der Waals surface area contributed by atoms with Crippen molar-refractivity contribution in [1.29, 1.82) is 0 Å². The van der Waals surface area contributed by atoms with Gasteiger partial charge in [0, 0.05) is 34.4 Å². The standard InChI is InChI=1S/C10H22O4Si/c1-9-7-6-8-15(13-4,14-5)10(9,11-2)12-3/h9H,6-8H2,1-5H3. The summed E-state index contributed by atoms with van der Waals surface area (Å²) in [6, 6.07) is 0.923. The van der Waals surface area contributed by atoms with Crippen LogP contribution in [0, 0.1) is 5.92 Å². The van der Waals surface area contributed by atoms with Gasteiger partial charge in [0.15, 0.2) is 0 Å². The van der Waals surface area contributed by atoms with Gasteiger partial charge in [0.25, 0.3) is 0 Å². The van der Waals surface area contributed by atoms with Crippen LogP contribution >= 0.6 is 0 Å². The van der Waals surface area contributed by atoms with E-state index in [2.05, 4.69) is 6.92 Å². The minimum Gasteiger partial charge on any atom is -0.395 e. The molecule has 0 bridgehead atoms. The van der Waals surface area contributed by atoms with Gasteiger partial charge in [-0.05, 0) is 12.5 Å². The number of hydrogen-bond donors (Lipinski definition) is 0. The summed E-state index contributed by atoms with van der Waals surface area (Å²) >= 11 is 0. The highest BCUT2D eigenvalue weighted by molar-refractivity contribution is 6.70. The third-order valence-electron chi connectivity index (χ3n) is 3.59. The van der Waals surface area contributed by atoms with Gasteiger partial charge in [0.1, 0.15) is 0 Å². The average molecular weight is 234 g/mol. The van der Waals surface area contributed by atoms with Crippen LogP contribution in [0.4, 0.5) is 0 Å². The first-order valence-electron chi connectivity index (χ1n) is 5.33. The number of rotatable bonds is 4. The first-order chi connectivity index (χ1) is 7.12. The van der Waals surface area contributed by atoms with Gasteiger partial charge in [0.05, 0.1) is 0 Å². The second kappa shape index (κ2) is 4.93. The Morgan fingerprint density at radius 2 is 1.60 bits per heavy atom. The van der Waals surface area contributed by atoms with E-state index in [1.165, 1.54) is 0 Å². The molecule has 0 saturated carbocycles. The fourth-order valence-electron chi connectivity index (χ4n) is 2.75. The van der Waals surface area contributed by atoms with Crippen LogP contribution in [0.1, 0.15) is 19.8 Å². The molecule has 90 valence electrons. The quantitative estimate of drug-likeness (QED) is 0.548. The third-order valence-corrected chi connectivity index (χ3v) is 7.88. The molecule has 0 aromatic rings. The smallest absolute Gasteiger partial charge is 0.395 e. The highest BCUT2D eigenvalue weighted by Crippen LogP contribution is 2.43. The molecular weight excluding hydrogens is 212 g/mol. The average Bonchev–Trinajstić information content (AvgIpc) is 2.29. The molecule has 1 fully saturated rings. The molecule has 1 aliphatic heterocycles. The number of hydrogen-bond acceptors (Lipinski definition) is 4. The largest absolute Gasteiger partial charge is 0.399 e. The van der Waals surface area contributed by atoms with Gasteiger partial charge in [-0.1, -0.05) is 13.3 Å². The molecule has 1 heterocycles. The maximum Gasteiger partial charge on any atom is 0.399 e. The Kier molecular flexibility index (Phi) is 4.31. The molecule has 1 atom stereocenters. The molecule has 1 aliphatic rings. The minimum atomic E-state index is -2.42. The Labute approximate surface area is 93.1 Å². The van der Waals surface area contributed by atoms with E-state index in [9.17, 15) is 0 Å². The molecular formula is C10H22O4Si. The Hall–Kier alpha value is 0.0569. The molecule has 1 saturated heterocycles. The van der Waals surface area contributed by atoms with Crippen molar-refractivity contribution in [2.24, 2.45) is 5.92 Å².